The van der Waals surface area contributed by atoms with Gasteiger partial charge < -0.3 is 19.5 Å². The van der Waals surface area contributed by atoms with Gasteiger partial charge in [-0.2, -0.15) is 13.2 Å². The summed E-state index contributed by atoms with van der Waals surface area (Å²) in [6, 6.07) is 7.88. The van der Waals surface area contributed by atoms with E-state index in [1.807, 2.05) is 4.72 Å². The van der Waals surface area contributed by atoms with Crippen LogP contribution < -0.4 is 19.5 Å². The molecule has 1 heterocycles. The molecule has 1 aliphatic heterocycles. The Labute approximate surface area is 180 Å². The third-order valence-corrected chi connectivity index (χ3v) is 5.57. The second-order valence-corrected chi connectivity index (χ2v) is 8.22. The molecule has 0 saturated carbocycles. The molecule has 3 rings (SSSR count). The first-order valence-corrected chi connectivity index (χ1v) is 10.5. The summed E-state index contributed by atoms with van der Waals surface area (Å²) in [5.74, 6) is -0.533. The number of anilines is 1. The molecule has 0 fully saturated rings. The number of rotatable bonds is 8. The summed E-state index contributed by atoms with van der Waals surface area (Å²) in [7, 11) is -4.27. The molecule has 0 radical (unpaired) electrons. The Hall–Kier alpha value is -3.32. The van der Waals surface area contributed by atoms with Crippen LogP contribution in [0.3, 0.4) is 0 Å². The number of benzene rings is 2. The minimum atomic E-state index is -4.70. The fourth-order valence-corrected chi connectivity index (χ4v) is 3.68. The zero-order chi connectivity index (χ0) is 23.4. The third-order valence-electron chi connectivity index (χ3n) is 4.11. The van der Waals surface area contributed by atoms with E-state index in [0.29, 0.717) is 23.3 Å². The molecule has 2 aromatic carbocycles. The monoisotopic (exact) mass is 474 g/mol. The Kier molecular flexibility index (Phi) is 6.89. The van der Waals surface area contributed by atoms with E-state index in [4.69, 9.17) is 14.2 Å². The van der Waals surface area contributed by atoms with Gasteiger partial charge >= 0.3 is 12.1 Å². The average molecular weight is 474 g/mol. The van der Waals surface area contributed by atoms with E-state index in [-0.39, 0.29) is 6.79 Å². The van der Waals surface area contributed by atoms with Crippen LogP contribution in [-0.2, 0) is 30.5 Å². The Morgan fingerprint density at radius 1 is 1.06 bits per heavy atom. The number of carbonyl (C=O) groups is 2. The van der Waals surface area contributed by atoms with E-state index >= 15 is 0 Å². The van der Waals surface area contributed by atoms with E-state index in [1.54, 1.807) is 12.1 Å². The zero-order valence-electron chi connectivity index (χ0n) is 16.3. The largest absolute Gasteiger partial charge is 0.456 e. The van der Waals surface area contributed by atoms with Crippen molar-refractivity contribution in [1.29, 1.82) is 0 Å². The second-order valence-electron chi connectivity index (χ2n) is 6.45. The van der Waals surface area contributed by atoms with Crippen molar-refractivity contribution in [3.05, 3.63) is 48.0 Å². The molecule has 0 unspecified atom stereocenters. The second kappa shape index (κ2) is 9.44. The van der Waals surface area contributed by atoms with Crippen molar-refractivity contribution >= 4 is 27.6 Å². The first kappa shape index (κ1) is 23.3. The van der Waals surface area contributed by atoms with Crippen LogP contribution in [0.4, 0.5) is 18.9 Å². The highest BCUT2D eigenvalue weighted by molar-refractivity contribution is 7.89. The fraction of sp³-hybridized carbons (Fsp3) is 0.263. The standard InChI is InChI=1S/C19H17F3N2O7S/c20-19(21,22)12-2-1-3-14(8-12)32(27,28)23-7-6-18(26)29-10-17(25)24-13-4-5-15-16(9-13)31-11-30-15/h1-5,8-9,23H,6-7,10-11H2,(H,24,25). The van der Waals surface area contributed by atoms with Gasteiger partial charge in [-0.1, -0.05) is 6.07 Å². The molecule has 2 aromatic rings. The number of fused-ring (bicyclic) bond motifs is 1. The van der Waals surface area contributed by atoms with Gasteiger partial charge in [0.1, 0.15) is 0 Å². The van der Waals surface area contributed by atoms with Crippen molar-refractivity contribution < 1.29 is 45.4 Å². The van der Waals surface area contributed by atoms with Crippen LogP contribution in [0.25, 0.3) is 0 Å². The van der Waals surface area contributed by atoms with Crippen LogP contribution >= 0.6 is 0 Å². The van der Waals surface area contributed by atoms with Crippen molar-refractivity contribution in [1.82, 2.24) is 4.72 Å². The minimum absolute atomic E-state index is 0.0713. The van der Waals surface area contributed by atoms with Crippen molar-refractivity contribution in [3.63, 3.8) is 0 Å². The quantitative estimate of drug-likeness (QED) is 0.564. The van der Waals surface area contributed by atoms with Gasteiger partial charge in [-0.05, 0) is 30.3 Å². The molecule has 172 valence electrons. The van der Waals surface area contributed by atoms with Gasteiger partial charge in [0.2, 0.25) is 16.8 Å². The Balaban J connectivity index is 1.43. The van der Waals surface area contributed by atoms with E-state index in [1.165, 1.54) is 6.07 Å². The molecule has 0 bridgehead atoms. The van der Waals surface area contributed by atoms with Crippen molar-refractivity contribution in [2.75, 3.05) is 25.3 Å². The van der Waals surface area contributed by atoms with E-state index in [0.717, 1.165) is 18.2 Å². The summed E-state index contributed by atoms with van der Waals surface area (Å²) in [5.41, 5.74) is -0.725. The Morgan fingerprint density at radius 3 is 2.56 bits per heavy atom. The van der Waals surface area contributed by atoms with Gasteiger partial charge in [-0.25, -0.2) is 13.1 Å². The first-order valence-electron chi connectivity index (χ1n) is 9.07. The number of hydrogen-bond acceptors (Lipinski definition) is 7. The number of carbonyl (C=O) groups excluding carboxylic acids is 2. The molecular formula is C19H17F3N2O7S. The number of nitrogens with one attached hydrogen (secondary N) is 2. The molecule has 0 aliphatic carbocycles. The Bertz CT molecular complexity index is 1120. The van der Waals surface area contributed by atoms with Gasteiger partial charge in [-0.15, -0.1) is 0 Å². The van der Waals surface area contributed by atoms with Crippen LogP contribution in [0.1, 0.15) is 12.0 Å². The van der Waals surface area contributed by atoms with Gasteiger partial charge in [0, 0.05) is 18.3 Å². The highest BCUT2D eigenvalue weighted by Crippen LogP contribution is 2.34. The third kappa shape index (κ3) is 6.11. The predicted octanol–water partition coefficient (Wildman–Crippen LogP) is 2.28. The lowest BCUT2D eigenvalue weighted by Crippen LogP contribution is -2.28. The highest BCUT2D eigenvalue weighted by Gasteiger charge is 2.31. The lowest BCUT2D eigenvalue weighted by molar-refractivity contribution is -0.147. The van der Waals surface area contributed by atoms with Crippen molar-refractivity contribution in [3.8, 4) is 11.5 Å². The SMILES string of the molecule is O=C(COC(=O)CCNS(=O)(=O)c1cccc(C(F)(F)F)c1)Nc1ccc2c(c1)OCO2. The van der Waals surface area contributed by atoms with Gasteiger partial charge in [0.25, 0.3) is 5.91 Å². The van der Waals surface area contributed by atoms with E-state index < -0.39 is 58.1 Å². The number of amides is 1. The van der Waals surface area contributed by atoms with E-state index in [2.05, 4.69) is 5.32 Å². The molecule has 2 N–H and O–H groups in total. The molecule has 13 heteroatoms. The zero-order valence-corrected chi connectivity index (χ0v) is 17.1. The first-order chi connectivity index (χ1) is 15.0. The van der Waals surface area contributed by atoms with Crippen LogP contribution in [-0.4, -0.2) is 40.2 Å². The maximum atomic E-state index is 12.7. The number of esters is 1. The van der Waals surface area contributed by atoms with Crippen molar-refractivity contribution in [2.24, 2.45) is 0 Å². The molecule has 32 heavy (non-hydrogen) atoms. The molecule has 0 saturated heterocycles. The fourth-order valence-electron chi connectivity index (χ4n) is 2.60. The number of ether oxygens (including phenoxy) is 3. The molecule has 0 spiro atoms. The lowest BCUT2D eigenvalue weighted by Gasteiger charge is -2.10. The van der Waals surface area contributed by atoms with Gasteiger partial charge in [0.15, 0.2) is 18.1 Å². The predicted molar refractivity (Wildman–Crippen MR) is 103 cm³/mol. The normalized spacial score (nSPS) is 13.0. The van der Waals surface area contributed by atoms with Crippen LogP contribution in [0, 0.1) is 0 Å². The lowest BCUT2D eigenvalue weighted by atomic mass is 10.2. The smallest absolute Gasteiger partial charge is 0.416 e. The summed E-state index contributed by atoms with van der Waals surface area (Å²) in [6.45, 7) is -0.975. The topological polar surface area (TPSA) is 120 Å². The minimum Gasteiger partial charge on any atom is -0.456 e. The number of halogens is 3. The average Bonchev–Trinajstić information content (AvgIpc) is 3.19. The summed E-state index contributed by atoms with van der Waals surface area (Å²) in [4.78, 5) is 23.0. The van der Waals surface area contributed by atoms with Gasteiger partial charge in [0.05, 0.1) is 16.9 Å². The molecule has 9 nitrogen and oxygen atoms in total. The van der Waals surface area contributed by atoms with E-state index in [9.17, 15) is 31.2 Å². The summed E-state index contributed by atoms with van der Waals surface area (Å²) < 4.78 is 79.6. The number of alkyl halides is 3. The van der Waals surface area contributed by atoms with Crippen LogP contribution in [0.2, 0.25) is 0 Å². The van der Waals surface area contributed by atoms with Crippen molar-refractivity contribution in [2.45, 2.75) is 17.5 Å². The highest BCUT2D eigenvalue weighted by atomic mass is 32.2. The maximum Gasteiger partial charge on any atom is 0.416 e. The molecular weight excluding hydrogens is 457 g/mol. The number of hydrogen-bond donors (Lipinski definition) is 2. The maximum absolute atomic E-state index is 12.7. The summed E-state index contributed by atoms with van der Waals surface area (Å²) in [6.07, 6.45) is -5.13. The molecule has 1 amide bonds. The van der Waals surface area contributed by atoms with Crippen LogP contribution in [0.5, 0.6) is 11.5 Å². The summed E-state index contributed by atoms with van der Waals surface area (Å²) in [5, 5.41) is 2.49. The Morgan fingerprint density at radius 2 is 1.81 bits per heavy atom. The van der Waals surface area contributed by atoms with Gasteiger partial charge in [-0.3, -0.25) is 9.59 Å². The molecule has 0 aromatic heterocycles. The molecule has 1 aliphatic rings. The van der Waals surface area contributed by atoms with Crippen LogP contribution in [0.15, 0.2) is 47.4 Å². The molecule has 0 atom stereocenters. The number of sulfonamides is 1. The summed E-state index contributed by atoms with van der Waals surface area (Å²) >= 11 is 0.